The van der Waals surface area contributed by atoms with Crippen molar-refractivity contribution in [2.45, 2.75) is 12.5 Å². The van der Waals surface area contributed by atoms with E-state index in [0.29, 0.717) is 17.9 Å². The lowest BCUT2D eigenvalue weighted by molar-refractivity contribution is -0.127. The van der Waals surface area contributed by atoms with Crippen LogP contribution in [-0.4, -0.2) is 36.5 Å². The highest BCUT2D eigenvalue weighted by molar-refractivity contribution is 9.10. The van der Waals surface area contributed by atoms with Crippen LogP contribution in [-0.2, 0) is 9.59 Å². The molecule has 0 radical (unpaired) electrons. The van der Waals surface area contributed by atoms with E-state index in [-0.39, 0.29) is 18.4 Å². The van der Waals surface area contributed by atoms with Crippen molar-refractivity contribution in [3.05, 3.63) is 59.1 Å². The zero-order chi connectivity index (χ0) is 18.8. The molecule has 26 heavy (non-hydrogen) atoms. The third-order valence-corrected chi connectivity index (χ3v) is 4.60. The van der Waals surface area contributed by atoms with Crippen LogP contribution in [0.15, 0.2) is 59.1 Å². The average Bonchev–Trinajstić information content (AvgIpc) is 2.64. The zero-order valence-electron chi connectivity index (χ0n) is 14.4. The second-order valence-electron chi connectivity index (χ2n) is 5.50. The van der Waals surface area contributed by atoms with Gasteiger partial charge >= 0.3 is 0 Å². The lowest BCUT2D eigenvalue weighted by Gasteiger charge is -2.18. The third-order valence-electron chi connectivity index (χ3n) is 3.47. The second-order valence-corrected chi connectivity index (χ2v) is 7.40. The lowest BCUT2D eigenvalue weighted by Crippen LogP contribution is -2.45. The second kappa shape index (κ2) is 10.9. The molecule has 0 heterocycles. The molecule has 0 bridgehead atoms. The molecule has 0 aliphatic rings. The summed E-state index contributed by atoms with van der Waals surface area (Å²) in [6, 6.07) is 15.8. The molecule has 0 aliphatic carbocycles. The zero-order valence-corrected chi connectivity index (χ0v) is 16.8. The molecule has 5 nitrogen and oxygen atoms in total. The van der Waals surface area contributed by atoms with Crippen molar-refractivity contribution in [3.63, 3.8) is 0 Å². The minimum Gasteiger partial charge on any atom is -0.484 e. The van der Waals surface area contributed by atoms with Crippen LogP contribution in [0.25, 0.3) is 0 Å². The topological polar surface area (TPSA) is 67.4 Å². The molecule has 2 aromatic carbocycles. The number of benzene rings is 2. The van der Waals surface area contributed by atoms with Crippen molar-refractivity contribution in [3.8, 4) is 5.75 Å². The van der Waals surface area contributed by atoms with E-state index < -0.39 is 6.04 Å². The Morgan fingerprint density at radius 2 is 1.92 bits per heavy atom. The van der Waals surface area contributed by atoms with Gasteiger partial charge in [-0.3, -0.25) is 9.59 Å². The molecule has 2 N–H and O–H groups in total. The van der Waals surface area contributed by atoms with Crippen molar-refractivity contribution < 1.29 is 14.3 Å². The fourth-order valence-corrected chi connectivity index (χ4v) is 3.07. The van der Waals surface area contributed by atoms with Gasteiger partial charge in [0.25, 0.3) is 5.91 Å². The van der Waals surface area contributed by atoms with Gasteiger partial charge in [0, 0.05) is 10.2 Å². The third kappa shape index (κ3) is 7.09. The number of anilines is 1. The van der Waals surface area contributed by atoms with E-state index in [4.69, 9.17) is 4.74 Å². The Morgan fingerprint density at radius 3 is 2.62 bits per heavy atom. The summed E-state index contributed by atoms with van der Waals surface area (Å²) in [5.74, 6) is 0.799. The molecule has 2 amide bonds. The fraction of sp³-hybridized carbons (Fsp3) is 0.263. The smallest absolute Gasteiger partial charge is 0.258 e. The molecule has 1 atom stereocenters. The van der Waals surface area contributed by atoms with Crippen LogP contribution >= 0.6 is 27.7 Å². The van der Waals surface area contributed by atoms with Crippen LogP contribution < -0.4 is 15.4 Å². The SMILES string of the molecule is CSCCC(NC(=O)COc1ccccc1)C(=O)Nc1cccc(Br)c1. The summed E-state index contributed by atoms with van der Waals surface area (Å²) in [7, 11) is 0. The van der Waals surface area contributed by atoms with Gasteiger partial charge in [-0.15, -0.1) is 0 Å². The van der Waals surface area contributed by atoms with E-state index in [1.807, 2.05) is 42.7 Å². The highest BCUT2D eigenvalue weighted by Gasteiger charge is 2.21. The van der Waals surface area contributed by atoms with Crippen LogP contribution in [0.4, 0.5) is 5.69 Å². The Labute approximate surface area is 166 Å². The molecule has 7 heteroatoms. The summed E-state index contributed by atoms with van der Waals surface area (Å²) in [5.41, 5.74) is 0.674. The highest BCUT2D eigenvalue weighted by atomic mass is 79.9. The van der Waals surface area contributed by atoms with Crippen molar-refractivity contribution >= 4 is 45.2 Å². The Kier molecular flexibility index (Phi) is 8.50. The van der Waals surface area contributed by atoms with Gasteiger partial charge in [0.05, 0.1) is 0 Å². The van der Waals surface area contributed by atoms with Crippen LogP contribution in [0.1, 0.15) is 6.42 Å². The number of para-hydroxylation sites is 1. The molecule has 0 saturated carbocycles. The first-order valence-electron chi connectivity index (χ1n) is 8.11. The highest BCUT2D eigenvalue weighted by Crippen LogP contribution is 2.16. The Hall–Kier alpha value is -1.99. The number of rotatable bonds is 9. The van der Waals surface area contributed by atoms with E-state index in [9.17, 15) is 9.59 Å². The predicted molar refractivity (Wildman–Crippen MR) is 110 cm³/mol. The minimum atomic E-state index is -0.617. The number of halogens is 1. The fourth-order valence-electron chi connectivity index (χ4n) is 2.20. The monoisotopic (exact) mass is 436 g/mol. The summed E-state index contributed by atoms with van der Waals surface area (Å²) in [6.45, 7) is -0.135. The van der Waals surface area contributed by atoms with Crippen LogP contribution in [0.3, 0.4) is 0 Å². The van der Waals surface area contributed by atoms with Gasteiger partial charge in [0.1, 0.15) is 11.8 Å². The maximum absolute atomic E-state index is 12.5. The lowest BCUT2D eigenvalue weighted by atomic mass is 10.2. The largest absolute Gasteiger partial charge is 0.484 e. The maximum Gasteiger partial charge on any atom is 0.258 e. The average molecular weight is 437 g/mol. The predicted octanol–water partition coefficient (Wildman–Crippen LogP) is 3.70. The number of thioether (sulfide) groups is 1. The standard InChI is InChI=1S/C19H21BrN2O3S/c1-26-11-10-17(19(24)21-15-7-5-6-14(20)12-15)22-18(23)13-25-16-8-3-2-4-9-16/h2-9,12,17H,10-11,13H2,1H3,(H,21,24)(H,22,23). The molecular weight excluding hydrogens is 416 g/mol. The Bertz CT molecular complexity index is 728. The first-order valence-corrected chi connectivity index (χ1v) is 10.3. The molecule has 2 rings (SSSR count). The van der Waals surface area contributed by atoms with Crippen LogP contribution in [0, 0.1) is 0 Å². The number of hydrogen-bond donors (Lipinski definition) is 2. The molecule has 1 unspecified atom stereocenters. The van der Waals surface area contributed by atoms with Crippen molar-refractivity contribution in [2.75, 3.05) is 23.9 Å². The molecule has 0 spiro atoms. The Morgan fingerprint density at radius 1 is 1.15 bits per heavy atom. The van der Waals surface area contributed by atoms with Crippen LogP contribution in [0.5, 0.6) is 5.75 Å². The van der Waals surface area contributed by atoms with E-state index in [0.717, 1.165) is 10.2 Å². The molecule has 0 aromatic heterocycles. The van der Waals surface area contributed by atoms with E-state index in [1.54, 1.807) is 30.0 Å². The molecule has 0 fully saturated rings. The van der Waals surface area contributed by atoms with Crippen molar-refractivity contribution in [1.29, 1.82) is 0 Å². The Balaban J connectivity index is 1.92. The molecule has 2 aromatic rings. The number of ether oxygens (including phenoxy) is 1. The van der Waals surface area contributed by atoms with Gasteiger partial charge in [-0.2, -0.15) is 11.8 Å². The van der Waals surface area contributed by atoms with Gasteiger partial charge < -0.3 is 15.4 Å². The summed E-state index contributed by atoms with van der Waals surface area (Å²) >= 11 is 5.00. The number of nitrogens with one attached hydrogen (secondary N) is 2. The first kappa shape index (κ1) is 20.3. The molecule has 138 valence electrons. The van der Waals surface area contributed by atoms with Gasteiger partial charge in [0.2, 0.25) is 5.91 Å². The normalized spacial score (nSPS) is 11.5. The van der Waals surface area contributed by atoms with Gasteiger partial charge in [0.15, 0.2) is 6.61 Å². The summed E-state index contributed by atoms with van der Waals surface area (Å²) in [4.78, 5) is 24.7. The summed E-state index contributed by atoms with van der Waals surface area (Å²) in [6.07, 6.45) is 2.50. The quantitative estimate of drug-likeness (QED) is 0.628. The summed E-state index contributed by atoms with van der Waals surface area (Å²) < 4.78 is 6.30. The van der Waals surface area contributed by atoms with Gasteiger partial charge in [-0.05, 0) is 48.8 Å². The van der Waals surface area contributed by atoms with E-state index >= 15 is 0 Å². The van der Waals surface area contributed by atoms with Crippen molar-refractivity contribution in [1.82, 2.24) is 5.32 Å². The summed E-state index contributed by atoms with van der Waals surface area (Å²) in [5, 5.41) is 5.59. The van der Waals surface area contributed by atoms with Gasteiger partial charge in [-0.1, -0.05) is 40.2 Å². The number of carbonyl (C=O) groups excluding carboxylic acids is 2. The van der Waals surface area contributed by atoms with Crippen molar-refractivity contribution in [2.24, 2.45) is 0 Å². The first-order chi connectivity index (χ1) is 12.6. The molecule has 0 aliphatic heterocycles. The maximum atomic E-state index is 12.5. The number of carbonyl (C=O) groups is 2. The molecular formula is C19H21BrN2O3S. The minimum absolute atomic E-state index is 0.135. The van der Waals surface area contributed by atoms with E-state index in [2.05, 4.69) is 26.6 Å². The van der Waals surface area contributed by atoms with E-state index in [1.165, 1.54) is 0 Å². The van der Waals surface area contributed by atoms with Crippen LogP contribution in [0.2, 0.25) is 0 Å². The number of hydrogen-bond acceptors (Lipinski definition) is 4. The number of amides is 2. The molecule has 0 saturated heterocycles. The van der Waals surface area contributed by atoms with Gasteiger partial charge in [-0.25, -0.2) is 0 Å².